The van der Waals surface area contributed by atoms with Gasteiger partial charge in [0.1, 0.15) is 0 Å². The van der Waals surface area contributed by atoms with E-state index in [0.717, 1.165) is 43.4 Å². The fourth-order valence-corrected chi connectivity index (χ4v) is 7.91. The lowest BCUT2D eigenvalue weighted by molar-refractivity contribution is -0.161. The molecule has 2 aromatic rings. The molecule has 7 rings (SSSR count). The molecule has 1 amide bonds. The first kappa shape index (κ1) is 19.3. The average Bonchev–Trinajstić information content (AvgIpc) is 2.74. The van der Waals surface area contributed by atoms with Gasteiger partial charge in [-0.15, -0.1) is 0 Å². The number of carbonyl (C=O) groups is 1. The quantitative estimate of drug-likeness (QED) is 0.788. The lowest BCUT2D eigenvalue weighted by atomic mass is 9.42. The van der Waals surface area contributed by atoms with Crippen molar-refractivity contribution in [3.63, 3.8) is 0 Å². The molecule has 2 heterocycles. The molecule has 1 aromatic heterocycles. The highest BCUT2D eigenvalue weighted by atomic mass is 16.2. The third-order valence-electron chi connectivity index (χ3n) is 9.08. The number of carbonyl (C=O) groups excluding carboxylic acids is 1. The summed E-state index contributed by atoms with van der Waals surface area (Å²) >= 11 is 0. The second-order valence-corrected chi connectivity index (χ2v) is 11.1. The van der Waals surface area contributed by atoms with Gasteiger partial charge < -0.3 is 9.88 Å². The number of benzene rings is 1. The normalized spacial score (nSPS) is 33.4. The van der Waals surface area contributed by atoms with Gasteiger partial charge in [0.2, 0.25) is 5.91 Å². The zero-order valence-corrected chi connectivity index (χ0v) is 18.7. The molecule has 0 spiro atoms. The molecule has 31 heavy (non-hydrogen) atoms. The van der Waals surface area contributed by atoms with Crippen molar-refractivity contribution in [1.29, 1.82) is 0 Å². The summed E-state index contributed by atoms with van der Waals surface area (Å²) in [5.41, 5.74) is 5.94. The second kappa shape index (κ2) is 6.57. The first-order chi connectivity index (χ1) is 14.9. The predicted molar refractivity (Wildman–Crippen MR) is 121 cm³/mol. The van der Waals surface area contributed by atoms with Gasteiger partial charge in [0.25, 0.3) is 5.56 Å². The van der Waals surface area contributed by atoms with Crippen LogP contribution in [0.5, 0.6) is 0 Å². The maximum absolute atomic E-state index is 14.1. The molecule has 4 saturated carbocycles. The Morgan fingerprint density at radius 2 is 1.84 bits per heavy atom. The van der Waals surface area contributed by atoms with E-state index in [4.69, 9.17) is 0 Å². The zero-order chi connectivity index (χ0) is 21.4. The molecule has 162 valence electrons. The van der Waals surface area contributed by atoms with Crippen LogP contribution in [-0.2, 0) is 23.2 Å². The van der Waals surface area contributed by atoms with Crippen molar-refractivity contribution in [2.45, 2.75) is 70.8 Å². The maximum atomic E-state index is 14.1. The lowest BCUT2D eigenvalue weighted by Crippen LogP contribution is -2.60. The van der Waals surface area contributed by atoms with E-state index in [-0.39, 0.29) is 16.4 Å². The molecule has 2 atom stereocenters. The SMILES string of the molecule is Cc1ccc(C23CC4CC(CC(C(=O)N5CCc6cc[nH]c(=O)c6C5)(C4)C2)C3)cc1C. The number of hydrogen-bond donors (Lipinski definition) is 1. The standard InChI is InChI=1S/C27H32N2O2/c1-17-3-4-22(9-18(17)2)26-11-19-10-20(12-26)14-27(13-19,16-26)25(31)29-8-6-21-5-7-28-24(30)23(21)15-29/h3-5,7,9,19-20H,6,8,10-16H2,1-2H3,(H,28,30). The van der Waals surface area contributed by atoms with Crippen LogP contribution in [0.2, 0.25) is 0 Å². The lowest BCUT2D eigenvalue weighted by Gasteiger charge is -2.62. The van der Waals surface area contributed by atoms with E-state index in [1.807, 2.05) is 11.0 Å². The summed E-state index contributed by atoms with van der Waals surface area (Å²) in [6.07, 6.45) is 9.37. The number of rotatable bonds is 2. The Morgan fingerprint density at radius 3 is 2.58 bits per heavy atom. The van der Waals surface area contributed by atoms with Gasteiger partial charge in [0.05, 0.1) is 12.0 Å². The number of H-pyrrole nitrogens is 1. The van der Waals surface area contributed by atoms with Crippen molar-refractivity contribution in [1.82, 2.24) is 9.88 Å². The van der Waals surface area contributed by atoms with Gasteiger partial charge in [-0.25, -0.2) is 0 Å². The third kappa shape index (κ3) is 2.86. The van der Waals surface area contributed by atoms with Crippen LogP contribution in [0.25, 0.3) is 0 Å². The molecule has 4 heteroatoms. The largest absolute Gasteiger partial charge is 0.337 e. The fraction of sp³-hybridized carbons (Fsp3) is 0.556. The molecule has 1 N–H and O–H groups in total. The number of aromatic amines is 1. The molecule has 2 unspecified atom stereocenters. The van der Waals surface area contributed by atoms with E-state index < -0.39 is 0 Å². The molecule has 1 aliphatic heterocycles. The molecule has 4 bridgehead atoms. The zero-order valence-electron chi connectivity index (χ0n) is 18.7. The summed E-state index contributed by atoms with van der Waals surface area (Å²) in [4.78, 5) is 31.3. The molecule has 4 fully saturated rings. The number of aromatic nitrogens is 1. The number of aryl methyl sites for hydroxylation is 2. The molecule has 4 aliphatic carbocycles. The summed E-state index contributed by atoms with van der Waals surface area (Å²) in [5.74, 6) is 1.64. The fourth-order valence-electron chi connectivity index (χ4n) is 7.91. The van der Waals surface area contributed by atoms with Gasteiger partial charge >= 0.3 is 0 Å². The van der Waals surface area contributed by atoms with Crippen molar-refractivity contribution in [3.8, 4) is 0 Å². The molecular formula is C27H32N2O2. The van der Waals surface area contributed by atoms with Crippen LogP contribution < -0.4 is 5.56 Å². The second-order valence-electron chi connectivity index (χ2n) is 11.1. The minimum atomic E-state index is -0.234. The number of amides is 1. The van der Waals surface area contributed by atoms with E-state index in [1.165, 1.54) is 36.0 Å². The van der Waals surface area contributed by atoms with Gasteiger partial charge in [0, 0.05) is 18.3 Å². The molecule has 1 aromatic carbocycles. The Hall–Kier alpha value is -2.36. The van der Waals surface area contributed by atoms with Crippen molar-refractivity contribution >= 4 is 5.91 Å². The Kier molecular flexibility index (Phi) is 4.10. The van der Waals surface area contributed by atoms with Crippen LogP contribution in [0.1, 0.15) is 66.3 Å². The van der Waals surface area contributed by atoms with Crippen LogP contribution in [0, 0.1) is 31.1 Å². The molecule has 0 radical (unpaired) electrons. The van der Waals surface area contributed by atoms with E-state index in [9.17, 15) is 9.59 Å². The summed E-state index contributed by atoms with van der Waals surface area (Å²) in [6, 6.07) is 9.01. The van der Waals surface area contributed by atoms with E-state index in [2.05, 4.69) is 37.0 Å². The summed E-state index contributed by atoms with van der Waals surface area (Å²) in [7, 11) is 0. The van der Waals surface area contributed by atoms with Crippen LogP contribution in [0.15, 0.2) is 35.3 Å². The van der Waals surface area contributed by atoms with Crippen molar-refractivity contribution in [2.75, 3.05) is 6.54 Å². The highest BCUT2D eigenvalue weighted by Crippen LogP contribution is 2.66. The maximum Gasteiger partial charge on any atom is 0.253 e. The van der Waals surface area contributed by atoms with Gasteiger partial charge in [-0.3, -0.25) is 9.59 Å². The summed E-state index contributed by atoms with van der Waals surface area (Å²) in [6.45, 7) is 5.60. The first-order valence-electron chi connectivity index (χ1n) is 11.9. The van der Waals surface area contributed by atoms with Crippen molar-refractivity contribution < 1.29 is 4.79 Å². The third-order valence-corrected chi connectivity index (χ3v) is 9.08. The van der Waals surface area contributed by atoms with Crippen LogP contribution in [0.3, 0.4) is 0 Å². The average molecular weight is 417 g/mol. The summed E-state index contributed by atoms with van der Waals surface area (Å²) in [5, 5.41) is 0. The molecule has 5 aliphatic rings. The van der Waals surface area contributed by atoms with E-state index in [0.29, 0.717) is 24.3 Å². The van der Waals surface area contributed by atoms with Crippen LogP contribution >= 0.6 is 0 Å². The number of hydrogen-bond acceptors (Lipinski definition) is 2. The smallest absolute Gasteiger partial charge is 0.253 e. The number of nitrogens with one attached hydrogen (secondary N) is 1. The van der Waals surface area contributed by atoms with Gasteiger partial charge in [-0.2, -0.15) is 0 Å². The topological polar surface area (TPSA) is 53.2 Å². The van der Waals surface area contributed by atoms with E-state index >= 15 is 0 Å². The molecule has 4 nitrogen and oxygen atoms in total. The Bertz CT molecular complexity index is 1120. The minimum Gasteiger partial charge on any atom is -0.337 e. The Labute approximate surface area is 184 Å². The molecule has 0 saturated heterocycles. The van der Waals surface area contributed by atoms with Crippen LogP contribution in [-0.4, -0.2) is 22.3 Å². The predicted octanol–water partition coefficient (Wildman–Crippen LogP) is 4.41. The highest BCUT2D eigenvalue weighted by molar-refractivity contribution is 5.84. The highest BCUT2D eigenvalue weighted by Gasteiger charge is 2.61. The van der Waals surface area contributed by atoms with Gasteiger partial charge in [-0.1, -0.05) is 18.2 Å². The minimum absolute atomic E-state index is 0.0351. The molecular weight excluding hydrogens is 384 g/mol. The number of fused-ring (bicyclic) bond motifs is 1. The van der Waals surface area contributed by atoms with Gasteiger partial charge in [-0.05, 0) is 104 Å². The summed E-state index contributed by atoms with van der Waals surface area (Å²) < 4.78 is 0. The monoisotopic (exact) mass is 416 g/mol. The Balaban J connectivity index is 1.35. The Morgan fingerprint density at radius 1 is 1.06 bits per heavy atom. The van der Waals surface area contributed by atoms with E-state index in [1.54, 1.807) is 6.20 Å². The van der Waals surface area contributed by atoms with Crippen molar-refractivity contribution in [3.05, 3.63) is 68.6 Å². The number of nitrogens with zero attached hydrogens (tertiary/aromatic N) is 1. The number of pyridine rings is 1. The van der Waals surface area contributed by atoms with Crippen molar-refractivity contribution in [2.24, 2.45) is 17.3 Å². The van der Waals surface area contributed by atoms with Gasteiger partial charge in [0.15, 0.2) is 0 Å². The first-order valence-corrected chi connectivity index (χ1v) is 11.9. The van der Waals surface area contributed by atoms with Crippen LogP contribution in [0.4, 0.5) is 0 Å².